The lowest BCUT2D eigenvalue weighted by Crippen LogP contribution is -2.46. The number of halogens is 2. The fraction of sp³-hybridized carbons (Fsp3) is 0.333. The molecule has 8 heteroatoms. The van der Waals surface area contributed by atoms with E-state index >= 15 is 0 Å². The Morgan fingerprint density at radius 3 is 2.21 bits per heavy atom. The van der Waals surface area contributed by atoms with Crippen LogP contribution in [-0.4, -0.2) is 50.1 Å². The molecule has 0 unspecified atom stereocenters. The highest BCUT2D eigenvalue weighted by molar-refractivity contribution is 6.42. The highest BCUT2D eigenvalue weighted by Crippen LogP contribution is 2.28. The van der Waals surface area contributed by atoms with Crippen LogP contribution in [0.2, 0.25) is 10.0 Å². The molecule has 3 rings (SSSR count). The molecule has 6 nitrogen and oxygen atoms in total. The van der Waals surface area contributed by atoms with Crippen LogP contribution in [0.4, 0.5) is 0 Å². The Morgan fingerprint density at radius 2 is 1.59 bits per heavy atom. The highest BCUT2D eigenvalue weighted by atomic mass is 35.5. The molecule has 1 aliphatic rings. The van der Waals surface area contributed by atoms with E-state index in [2.05, 4.69) is 5.32 Å². The number of hydrogen-bond acceptors (Lipinski definition) is 4. The summed E-state index contributed by atoms with van der Waals surface area (Å²) >= 11 is 11.9. The molecule has 2 aromatic carbocycles. The summed E-state index contributed by atoms with van der Waals surface area (Å²) in [7, 11) is 3.07. The first-order valence-electron chi connectivity index (χ1n) is 9.20. The maximum Gasteiger partial charge on any atom is 0.253 e. The maximum atomic E-state index is 12.7. The van der Waals surface area contributed by atoms with Crippen molar-refractivity contribution in [1.29, 1.82) is 0 Å². The van der Waals surface area contributed by atoms with E-state index < -0.39 is 0 Å². The molecule has 1 saturated heterocycles. The Morgan fingerprint density at radius 1 is 0.931 bits per heavy atom. The molecule has 1 fully saturated rings. The second kappa shape index (κ2) is 9.37. The summed E-state index contributed by atoms with van der Waals surface area (Å²) in [6.45, 7) is 1.10. The van der Waals surface area contributed by atoms with Crippen molar-refractivity contribution in [1.82, 2.24) is 10.2 Å². The number of hydrogen-bond donors (Lipinski definition) is 1. The smallest absolute Gasteiger partial charge is 0.253 e. The molecule has 0 aliphatic carbocycles. The fourth-order valence-electron chi connectivity index (χ4n) is 3.28. The maximum absolute atomic E-state index is 12.7. The summed E-state index contributed by atoms with van der Waals surface area (Å²) in [5.41, 5.74) is 1.00. The Hall–Kier alpha value is -2.44. The lowest BCUT2D eigenvalue weighted by molar-refractivity contribution is 0.0698. The van der Waals surface area contributed by atoms with E-state index in [0.717, 1.165) is 0 Å². The molecule has 0 spiro atoms. The Balaban J connectivity index is 1.57. The zero-order valence-electron chi connectivity index (χ0n) is 16.2. The molecule has 1 aliphatic heterocycles. The number of rotatable bonds is 5. The molecule has 1 heterocycles. The molecule has 154 valence electrons. The average molecular weight is 437 g/mol. The number of carbonyl (C=O) groups is 2. The molecule has 0 aromatic heterocycles. The normalized spacial score (nSPS) is 14.4. The number of amides is 2. The summed E-state index contributed by atoms with van der Waals surface area (Å²) in [6, 6.07) is 9.91. The van der Waals surface area contributed by atoms with E-state index in [-0.39, 0.29) is 17.9 Å². The second-order valence-electron chi connectivity index (χ2n) is 6.74. The monoisotopic (exact) mass is 436 g/mol. The standard InChI is InChI=1S/C21H22Cl2N2O4/c1-28-18-6-4-13(12-19(18)29-2)20(26)24-15-7-9-25(10-8-15)21(27)14-3-5-16(22)17(23)11-14/h3-6,11-12,15H,7-10H2,1-2H3,(H,24,26). The molecule has 2 amide bonds. The van der Waals surface area contributed by atoms with Crippen LogP contribution in [0.25, 0.3) is 0 Å². The van der Waals surface area contributed by atoms with Gasteiger partial charge < -0.3 is 19.7 Å². The molecular weight excluding hydrogens is 415 g/mol. The van der Waals surface area contributed by atoms with Crippen LogP contribution in [0.5, 0.6) is 11.5 Å². The Kier molecular flexibility index (Phi) is 6.87. The van der Waals surface area contributed by atoms with Gasteiger partial charge in [-0.05, 0) is 49.2 Å². The van der Waals surface area contributed by atoms with Gasteiger partial charge in [0.1, 0.15) is 0 Å². The van der Waals surface area contributed by atoms with Gasteiger partial charge >= 0.3 is 0 Å². The summed E-state index contributed by atoms with van der Waals surface area (Å²) in [6.07, 6.45) is 1.35. The van der Waals surface area contributed by atoms with E-state index in [4.69, 9.17) is 32.7 Å². The largest absolute Gasteiger partial charge is 0.493 e. The van der Waals surface area contributed by atoms with Crippen molar-refractivity contribution in [3.63, 3.8) is 0 Å². The number of carbonyl (C=O) groups excluding carboxylic acids is 2. The first kappa shape index (κ1) is 21.3. The number of ether oxygens (including phenoxy) is 2. The van der Waals surface area contributed by atoms with Gasteiger partial charge in [0.2, 0.25) is 0 Å². The van der Waals surface area contributed by atoms with Crippen LogP contribution >= 0.6 is 23.2 Å². The average Bonchev–Trinajstić information content (AvgIpc) is 2.75. The van der Waals surface area contributed by atoms with Crippen LogP contribution in [0, 0.1) is 0 Å². The Labute approximate surface area is 179 Å². The van der Waals surface area contributed by atoms with E-state index in [1.165, 1.54) is 7.11 Å². The first-order valence-corrected chi connectivity index (χ1v) is 9.95. The summed E-state index contributed by atoms with van der Waals surface area (Å²) < 4.78 is 10.4. The van der Waals surface area contributed by atoms with Gasteiger partial charge in [-0.3, -0.25) is 9.59 Å². The van der Waals surface area contributed by atoms with Gasteiger partial charge in [-0.2, -0.15) is 0 Å². The van der Waals surface area contributed by atoms with E-state index in [0.29, 0.717) is 58.6 Å². The fourth-order valence-corrected chi connectivity index (χ4v) is 3.58. The first-order chi connectivity index (χ1) is 13.9. The molecule has 29 heavy (non-hydrogen) atoms. The van der Waals surface area contributed by atoms with Gasteiger partial charge in [0.25, 0.3) is 11.8 Å². The number of nitrogens with one attached hydrogen (secondary N) is 1. The van der Waals surface area contributed by atoms with Gasteiger partial charge in [0.05, 0.1) is 24.3 Å². The Bertz CT molecular complexity index is 912. The number of methoxy groups -OCH3 is 2. The topological polar surface area (TPSA) is 67.9 Å². The number of likely N-dealkylation sites (tertiary alicyclic amines) is 1. The van der Waals surface area contributed by atoms with Crippen LogP contribution in [-0.2, 0) is 0 Å². The summed E-state index contributed by atoms with van der Waals surface area (Å²) in [5.74, 6) is 0.800. The predicted molar refractivity (Wildman–Crippen MR) is 112 cm³/mol. The minimum absolute atomic E-state index is 0.00606. The molecule has 0 saturated carbocycles. The van der Waals surface area contributed by atoms with E-state index in [1.54, 1.807) is 48.4 Å². The third-order valence-electron chi connectivity index (χ3n) is 4.93. The number of benzene rings is 2. The second-order valence-corrected chi connectivity index (χ2v) is 7.55. The molecule has 1 N–H and O–H groups in total. The van der Waals surface area contributed by atoms with Gasteiger partial charge in [0.15, 0.2) is 11.5 Å². The van der Waals surface area contributed by atoms with E-state index in [1.807, 2.05) is 0 Å². The number of nitrogens with zero attached hydrogens (tertiary/aromatic N) is 1. The third kappa shape index (κ3) is 4.95. The lowest BCUT2D eigenvalue weighted by Gasteiger charge is -2.32. The van der Waals surface area contributed by atoms with Gasteiger partial charge in [-0.25, -0.2) is 0 Å². The number of piperidine rings is 1. The molecular formula is C21H22Cl2N2O4. The van der Waals surface area contributed by atoms with Crippen molar-refractivity contribution in [3.8, 4) is 11.5 Å². The predicted octanol–water partition coefficient (Wildman–Crippen LogP) is 4.05. The lowest BCUT2D eigenvalue weighted by atomic mass is 10.0. The quantitative estimate of drug-likeness (QED) is 0.767. The molecule has 2 aromatic rings. The minimum Gasteiger partial charge on any atom is -0.493 e. The summed E-state index contributed by atoms with van der Waals surface area (Å²) in [4.78, 5) is 27.0. The van der Waals surface area contributed by atoms with Gasteiger partial charge in [-0.1, -0.05) is 23.2 Å². The van der Waals surface area contributed by atoms with Gasteiger partial charge in [-0.15, -0.1) is 0 Å². The van der Waals surface area contributed by atoms with Crippen molar-refractivity contribution in [3.05, 3.63) is 57.6 Å². The van der Waals surface area contributed by atoms with Crippen LogP contribution in [0.15, 0.2) is 36.4 Å². The van der Waals surface area contributed by atoms with Crippen molar-refractivity contribution in [2.24, 2.45) is 0 Å². The summed E-state index contributed by atoms with van der Waals surface area (Å²) in [5, 5.41) is 3.80. The SMILES string of the molecule is COc1ccc(C(=O)NC2CCN(C(=O)c3ccc(Cl)c(Cl)c3)CC2)cc1OC. The van der Waals surface area contributed by atoms with E-state index in [9.17, 15) is 9.59 Å². The van der Waals surface area contributed by atoms with Crippen molar-refractivity contribution < 1.29 is 19.1 Å². The molecule has 0 bridgehead atoms. The highest BCUT2D eigenvalue weighted by Gasteiger charge is 2.25. The zero-order valence-corrected chi connectivity index (χ0v) is 17.7. The molecule has 0 radical (unpaired) electrons. The van der Waals surface area contributed by atoms with Crippen LogP contribution < -0.4 is 14.8 Å². The van der Waals surface area contributed by atoms with Gasteiger partial charge in [0, 0.05) is 30.3 Å². The molecule has 0 atom stereocenters. The van der Waals surface area contributed by atoms with Crippen LogP contribution in [0.1, 0.15) is 33.6 Å². The minimum atomic E-state index is -0.180. The van der Waals surface area contributed by atoms with Crippen molar-refractivity contribution in [2.45, 2.75) is 18.9 Å². The van der Waals surface area contributed by atoms with Crippen molar-refractivity contribution >= 4 is 35.0 Å². The van der Waals surface area contributed by atoms with Crippen LogP contribution in [0.3, 0.4) is 0 Å². The van der Waals surface area contributed by atoms with Crippen molar-refractivity contribution in [2.75, 3.05) is 27.3 Å². The zero-order chi connectivity index (χ0) is 21.0. The third-order valence-corrected chi connectivity index (χ3v) is 5.67.